The van der Waals surface area contributed by atoms with E-state index in [1.807, 2.05) is 6.92 Å². The number of allylic oxidation sites excluding steroid dienone is 1. The maximum Gasteiger partial charge on any atom is 0.322 e. The number of rotatable bonds is 1. The van der Waals surface area contributed by atoms with Gasteiger partial charge in [-0.3, -0.25) is 0 Å². The Hall–Kier alpha value is -0.680. The Morgan fingerprint density at radius 2 is 2.09 bits per heavy atom. The van der Waals surface area contributed by atoms with E-state index in [1.54, 1.807) is 12.4 Å². The molecule has 1 aliphatic rings. The molecular weight excluding hydrogens is 164 g/mol. The highest BCUT2D eigenvalue weighted by atomic mass is 32.2. The molecule has 1 atom stereocenters. The third kappa shape index (κ3) is 1.34. The molecule has 0 aromatic rings. The van der Waals surface area contributed by atoms with E-state index in [-0.39, 0.29) is 4.00 Å². The molecule has 0 aromatic heterocycles. The maximum atomic E-state index is 11.1. The van der Waals surface area contributed by atoms with Gasteiger partial charge < -0.3 is 0 Å². The van der Waals surface area contributed by atoms with Gasteiger partial charge >= 0.3 is 10.0 Å². The predicted octanol–water partition coefficient (Wildman–Crippen LogP) is 0.296. The van der Waals surface area contributed by atoms with Crippen LogP contribution in [-0.2, 0) is 10.0 Å². The monoisotopic (exact) mass is 175 g/mol. The van der Waals surface area contributed by atoms with Crippen LogP contribution >= 0.6 is 0 Å². The van der Waals surface area contributed by atoms with Crippen LogP contribution in [0.15, 0.2) is 16.9 Å². The van der Waals surface area contributed by atoms with Crippen molar-refractivity contribution in [1.29, 1.82) is 0 Å². The molecule has 0 bridgehead atoms. The second kappa shape index (κ2) is 2.15. The summed E-state index contributed by atoms with van der Waals surface area (Å²) >= 11 is 0. The van der Waals surface area contributed by atoms with Gasteiger partial charge in [0.25, 0.3) is 0 Å². The summed E-state index contributed by atoms with van der Waals surface area (Å²) in [4.78, 5) is 0. The highest BCUT2D eigenvalue weighted by Crippen LogP contribution is 2.18. The van der Waals surface area contributed by atoms with E-state index in [9.17, 15) is 8.42 Å². The molecule has 0 spiro atoms. The number of hydrogen-bond donors (Lipinski definition) is 0. The Morgan fingerprint density at radius 1 is 1.55 bits per heavy atom. The van der Waals surface area contributed by atoms with Gasteiger partial charge in [0.15, 0.2) is 0 Å². The van der Waals surface area contributed by atoms with Gasteiger partial charge in [-0.15, -0.1) is 0 Å². The first-order valence-electron chi connectivity index (χ1n) is 3.17. The van der Waals surface area contributed by atoms with Gasteiger partial charge in [0.05, 0.1) is 12.5 Å². The number of quaternary nitrogens is 1. The highest BCUT2D eigenvalue weighted by molar-refractivity contribution is 7.85. The Balaban J connectivity index is 3.18. The van der Waals surface area contributed by atoms with Crippen molar-refractivity contribution < 1.29 is 12.4 Å². The first-order chi connectivity index (χ1) is 4.85. The van der Waals surface area contributed by atoms with Crippen molar-refractivity contribution in [3.63, 3.8) is 0 Å². The zero-order chi connectivity index (χ0) is 8.70. The van der Waals surface area contributed by atoms with Crippen LogP contribution in [-0.4, -0.2) is 31.9 Å². The minimum atomic E-state index is -3.17. The molecule has 1 rings (SSSR count). The van der Waals surface area contributed by atoms with E-state index < -0.39 is 10.0 Å². The number of sulfonamides is 1. The topological polar surface area (TPSA) is 46.5 Å². The summed E-state index contributed by atoms with van der Waals surface area (Å²) < 4.78 is 21.9. The normalized spacial score (nSPS) is 30.6. The summed E-state index contributed by atoms with van der Waals surface area (Å²) in [5.74, 6) is 0. The first-order valence-corrected chi connectivity index (χ1v) is 5.01. The van der Waals surface area contributed by atoms with Crippen LogP contribution < -0.4 is 0 Å². The van der Waals surface area contributed by atoms with Gasteiger partial charge in [0.1, 0.15) is 13.2 Å². The maximum absolute atomic E-state index is 11.1. The largest absolute Gasteiger partial charge is 0.322 e. The summed E-state index contributed by atoms with van der Waals surface area (Å²) in [6.45, 7) is 1.82. The fourth-order valence-corrected chi connectivity index (χ4v) is 1.41. The van der Waals surface area contributed by atoms with Crippen LogP contribution in [0.3, 0.4) is 0 Å². The number of nitrogens with zero attached hydrogens (tertiary/aromatic N) is 2. The third-order valence-electron chi connectivity index (χ3n) is 1.61. The van der Waals surface area contributed by atoms with Crippen molar-refractivity contribution in [2.24, 2.45) is 5.10 Å². The zero-order valence-electron chi connectivity index (χ0n) is 6.77. The molecule has 0 fully saturated rings. The SMILES string of the molecule is CC1=C[N+](C)(S(C)(=O)=O)N=C1. The fourth-order valence-electron chi connectivity index (χ4n) is 0.832. The molecule has 0 aliphatic carbocycles. The van der Waals surface area contributed by atoms with Crippen molar-refractivity contribution in [2.45, 2.75) is 6.92 Å². The van der Waals surface area contributed by atoms with Gasteiger partial charge in [-0.05, 0) is 6.92 Å². The molecular formula is C6H11N2O2S+. The van der Waals surface area contributed by atoms with Crippen molar-refractivity contribution >= 4 is 16.2 Å². The molecule has 0 saturated carbocycles. The second-order valence-corrected chi connectivity index (χ2v) is 5.00. The Labute approximate surface area is 66.5 Å². The predicted molar refractivity (Wildman–Crippen MR) is 43.3 cm³/mol. The van der Waals surface area contributed by atoms with Crippen LogP contribution in [0.1, 0.15) is 6.92 Å². The lowest BCUT2D eigenvalue weighted by atomic mass is 10.4. The molecule has 0 N–H and O–H groups in total. The van der Waals surface area contributed by atoms with E-state index in [2.05, 4.69) is 5.10 Å². The lowest BCUT2D eigenvalue weighted by Gasteiger charge is -2.16. The van der Waals surface area contributed by atoms with Crippen LogP contribution in [0.2, 0.25) is 0 Å². The van der Waals surface area contributed by atoms with Gasteiger partial charge in [-0.2, -0.15) is 8.42 Å². The van der Waals surface area contributed by atoms with Crippen LogP contribution in [0.4, 0.5) is 0 Å². The quantitative estimate of drug-likeness (QED) is 0.538. The molecule has 0 saturated heterocycles. The van der Waals surface area contributed by atoms with Crippen LogP contribution in [0.25, 0.3) is 0 Å². The van der Waals surface area contributed by atoms with Crippen molar-refractivity contribution in [2.75, 3.05) is 13.3 Å². The molecule has 1 unspecified atom stereocenters. The average Bonchev–Trinajstić information content (AvgIpc) is 2.10. The van der Waals surface area contributed by atoms with E-state index in [1.165, 1.54) is 13.3 Å². The first kappa shape index (κ1) is 8.42. The molecule has 5 heteroatoms. The van der Waals surface area contributed by atoms with Crippen LogP contribution in [0.5, 0.6) is 0 Å². The minimum absolute atomic E-state index is 0.362. The molecule has 0 amide bonds. The van der Waals surface area contributed by atoms with Gasteiger partial charge in [-0.1, -0.05) is 9.10 Å². The molecule has 1 aliphatic heterocycles. The van der Waals surface area contributed by atoms with Crippen molar-refractivity contribution in [3.8, 4) is 0 Å². The minimum Gasteiger partial charge on any atom is -0.171 e. The summed E-state index contributed by atoms with van der Waals surface area (Å²) in [6, 6.07) is 0. The van der Waals surface area contributed by atoms with E-state index in [0.29, 0.717) is 0 Å². The summed E-state index contributed by atoms with van der Waals surface area (Å²) in [5.41, 5.74) is 0.873. The number of hydrogen-bond acceptors (Lipinski definition) is 3. The average molecular weight is 175 g/mol. The Bertz CT molecular complexity index is 328. The van der Waals surface area contributed by atoms with Gasteiger partial charge in [0.2, 0.25) is 0 Å². The summed E-state index contributed by atoms with van der Waals surface area (Å²) in [7, 11) is -1.64. The summed E-state index contributed by atoms with van der Waals surface area (Å²) in [5, 5.41) is 3.85. The molecule has 0 radical (unpaired) electrons. The molecule has 4 nitrogen and oxygen atoms in total. The van der Waals surface area contributed by atoms with E-state index in [0.717, 1.165) is 5.57 Å². The molecule has 1 heterocycles. The lowest BCUT2D eigenvalue weighted by Crippen LogP contribution is -2.36. The Kier molecular flexibility index (Phi) is 1.65. The van der Waals surface area contributed by atoms with Crippen LogP contribution in [0, 0.1) is 0 Å². The zero-order valence-corrected chi connectivity index (χ0v) is 7.59. The van der Waals surface area contributed by atoms with Crippen molar-refractivity contribution in [1.82, 2.24) is 0 Å². The summed E-state index contributed by atoms with van der Waals surface area (Å²) in [6.07, 6.45) is 4.32. The lowest BCUT2D eigenvalue weighted by molar-refractivity contribution is -0.731. The fraction of sp³-hybridized carbons (Fsp3) is 0.500. The van der Waals surface area contributed by atoms with Crippen molar-refractivity contribution in [3.05, 3.63) is 11.8 Å². The molecule has 11 heavy (non-hydrogen) atoms. The third-order valence-corrected chi connectivity index (χ3v) is 3.15. The highest BCUT2D eigenvalue weighted by Gasteiger charge is 2.34. The van der Waals surface area contributed by atoms with Gasteiger partial charge in [-0.25, -0.2) is 0 Å². The molecule has 0 aromatic carbocycles. The Morgan fingerprint density at radius 3 is 2.27 bits per heavy atom. The smallest absolute Gasteiger partial charge is 0.171 e. The van der Waals surface area contributed by atoms with Gasteiger partial charge in [0, 0.05) is 5.57 Å². The second-order valence-electron chi connectivity index (χ2n) is 2.79. The van der Waals surface area contributed by atoms with E-state index >= 15 is 0 Å². The standard InChI is InChI=1S/C6H11N2O2S/c1-6-4-7-8(2,5-6)11(3,9)10/h4-5H,1-3H3/q+1. The molecule has 62 valence electrons. The van der Waals surface area contributed by atoms with E-state index in [4.69, 9.17) is 0 Å².